The zero-order valence-corrected chi connectivity index (χ0v) is 16.5. The number of carbonyl (C=O) groups is 1. The summed E-state index contributed by atoms with van der Waals surface area (Å²) in [4.78, 5) is 30.5. The Morgan fingerprint density at radius 3 is 3.08 bits per heavy atom. The normalized spacial score (nSPS) is 17.6. The van der Waals surface area contributed by atoms with Crippen molar-refractivity contribution in [3.05, 3.63) is 28.3 Å². The molecule has 4 rings (SSSR count). The van der Waals surface area contributed by atoms with Crippen LogP contribution >= 0.6 is 22.7 Å². The first-order valence-corrected chi connectivity index (χ1v) is 10.5. The van der Waals surface area contributed by atoms with Crippen LogP contribution in [0.5, 0.6) is 0 Å². The van der Waals surface area contributed by atoms with Gasteiger partial charge in [0.2, 0.25) is 5.91 Å². The molecule has 0 aromatic carbocycles. The van der Waals surface area contributed by atoms with Crippen LogP contribution in [-0.4, -0.2) is 33.9 Å². The van der Waals surface area contributed by atoms with Crippen molar-refractivity contribution in [3.63, 3.8) is 0 Å². The maximum Gasteiger partial charge on any atom is 0.231 e. The van der Waals surface area contributed by atoms with Crippen LogP contribution < -0.4 is 10.2 Å². The summed E-state index contributed by atoms with van der Waals surface area (Å²) in [7, 11) is 0. The van der Waals surface area contributed by atoms with Crippen LogP contribution in [0.3, 0.4) is 0 Å². The van der Waals surface area contributed by atoms with Gasteiger partial charge in [0.1, 0.15) is 17.0 Å². The fourth-order valence-electron chi connectivity index (χ4n) is 3.32. The predicted octanol–water partition coefficient (Wildman–Crippen LogP) is 3.87. The van der Waals surface area contributed by atoms with Gasteiger partial charge >= 0.3 is 0 Å². The highest BCUT2D eigenvalue weighted by atomic mass is 32.1. The Labute approximate surface area is 160 Å². The number of thiazole rings is 1. The molecule has 1 saturated heterocycles. The van der Waals surface area contributed by atoms with E-state index in [0.717, 1.165) is 47.5 Å². The maximum atomic E-state index is 12.7. The first kappa shape index (κ1) is 17.4. The maximum absolute atomic E-state index is 12.7. The van der Waals surface area contributed by atoms with E-state index in [9.17, 15) is 4.79 Å². The highest BCUT2D eigenvalue weighted by Gasteiger charge is 2.28. The van der Waals surface area contributed by atoms with E-state index in [0.29, 0.717) is 11.7 Å². The van der Waals surface area contributed by atoms with Crippen molar-refractivity contribution in [2.45, 2.75) is 33.1 Å². The molecule has 0 bridgehead atoms. The number of hydrogen-bond donors (Lipinski definition) is 1. The Morgan fingerprint density at radius 2 is 2.31 bits per heavy atom. The van der Waals surface area contributed by atoms with Gasteiger partial charge in [-0.2, -0.15) is 0 Å². The van der Waals surface area contributed by atoms with Gasteiger partial charge in [-0.05, 0) is 32.3 Å². The zero-order valence-electron chi connectivity index (χ0n) is 14.9. The number of nitrogens with zero attached hydrogens (tertiary/aromatic N) is 4. The third kappa shape index (κ3) is 3.43. The summed E-state index contributed by atoms with van der Waals surface area (Å²) in [5.41, 5.74) is 0.933. The molecule has 6 nitrogen and oxygen atoms in total. The Kier molecular flexibility index (Phi) is 4.86. The van der Waals surface area contributed by atoms with Crippen molar-refractivity contribution in [3.8, 4) is 0 Å². The summed E-state index contributed by atoms with van der Waals surface area (Å²) in [6.07, 6.45) is 4.50. The smallest absolute Gasteiger partial charge is 0.231 e. The quantitative estimate of drug-likeness (QED) is 0.736. The number of nitrogens with one attached hydrogen (secondary N) is 1. The van der Waals surface area contributed by atoms with Crippen molar-refractivity contribution >= 4 is 49.7 Å². The largest absolute Gasteiger partial charge is 0.355 e. The van der Waals surface area contributed by atoms with Gasteiger partial charge in [0.15, 0.2) is 5.13 Å². The SMILES string of the molecule is CCc1cc2c(N3CCC[C@H](C(=O)Nc4nc(C)cs4)C3)ncnc2s1. The summed E-state index contributed by atoms with van der Waals surface area (Å²) in [5, 5.41) is 6.70. The molecule has 0 radical (unpaired) electrons. The lowest BCUT2D eigenvalue weighted by atomic mass is 9.97. The van der Waals surface area contributed by atoms with E-state index in [1.54, 1.807) is 17.7 Å². The number of aryl methyl sites for hydroxylation is 2. The van der Waals surface area contributed by atoms with Gasteiger partial charge in [-0.3, -0.25) is 4.79 Å². The molecule has 1 atom stereocenters. The van der Waals surface area contributed by atoms with Gasteiger partial charge in [0.25, 0.3) is 0 Å². The minimum absolute atomic E-state index is 0.0499. The second-order valence-corrected chi connectivity index (χ2v) is 8.52. The highest BCUT2D eigenvalue weighted by Crippen LogP contribution is 2.32. The molecule has 3 aromatic rings. The van der Waals surface area contributed by atoms with Crippen molar-refractivity contribution in [1.82, 2.24) is 15.0 Å². The number of fused-ring (bicyclic) bond motifs is 1. The Hall–Kier alpha value is -2.06. The molecule has 1 amide bonds. The van der Waals surface area contributed by atoms with E-state index in [2.05, 4.69) is 38.2 Å². The topological polar surface area (TPSA) is 71.0 Å². The van der Waals surface area contributed by atoms with Crippen molar-refractivity contribution in [1.29, 1.82) is 0 Å². The van der Waals surface area contributed by atoms with Gasteiger partial charge in [0, 0.05) is 23.3 Å². The molecule has 0 spiro atoms. The van der Waals surface area contributed by atoms with Crippen LogP contribution in [-0.2, 0) is 11.2 Å². The first-order chi connectivity index (χ1) is 12.6. The summed E-state index contributed by atoms with van der Waals surface area (Å²) < 4.78 is 0. The number of piperidine rings is 1. The number of carbonyl (C=O) groups excluding carboxylic acids is 1. The van der Waals surface area contributed by atoms with Crippen LogP contribution in [0.2, 0.25) is 0 Å². The van der Waals surface area contributed by atoms with Crippen LogP contribution in [0, 0.1) is 12.8 Å². The van der Waals surface area contributed by atoms with E-state index in [-0.39, 0.29) is 11.8 Å². The second-order valence-electron chi connectivity index (χ2n) is 6.55. The lowest BCUT2D eigenvalue weighted by Gasteiger charge is -2.32. The Morgan fingerprint density at radius 1 is 1.42 bits per heavy atom. The van der Waals surface area contributed by atoms with E-state index >= 15 is 0 Å². The third-order valence-corrected chi connectivity index (χ3v) is 6.71. The van der Waals surface area contributed by atoms with Crippen molar-refractivity contribution in [2.75, 3.05) is 23.3 Å². The summed E-state index contributed by atoms with van der Waals surface area (Å²) >= 11 is 3.19. The average molecular weight is 388 g/mol. The predicted molar refractivity (Wildman–Crippen MR) is 107 cm³/mol. The fraction of sp³-hybridized carbons (Fsp3) is 0.444. The standard InChI is InChI=1S/C18H21N5OS2/c1-3-13-7-14-15(19-10-20-17(14)26-13)23-6-4-5-12(8-23)16(24)22-18-21-11(2)9-25-18/h7,9-10,12H,3-6,8H2,1-2H3,(H,21,22,24)/t12-/m0/s1. The molecule has 1 fully saturated rings. The van der Waals surface area contributed by atoms with Crippen molar-refractivity contribution in [2.24, 2.45) is 5.92 Å². The lowest BCUT2D eigenvalue weighted by Crippen LogP contribution is -2.41. The van der Waals surface area contributed by atoms with E-state index < -0.39 is 0 Å². The summed E-state index contributed by atoms with van der Waals surface area (Å²) in [5.74, 6) is 0.949. The minimum atomic E-state index is -0.0535. The Bertz CT molecular complexity index is 935. The van der Waals surface area contributed by atoms with Gasteiger partial charge in [0.05, 0.1) is 17.0 Å². The number of thiophene rings is 1. The monoisotopic (exact) mass is 387 g/mol. The van der Waals surface area contributed by atoms with Gasteiger partial charge in [-0.15, -0.1) is 22.7 Å². The molecule has 0 aliphatic carbocycles. The van der Waals surface area contributed by atoms with Gasteiger partial charge in [-0.25, -0.2) is 15.0 Å². The number of anilines is 2. The number of aromatic nitrogens is 3. The minimum Gasteiger partial charge on any atom is -0.355 e. The Balaban J connectivity index is 1.53. The number of amides is 1. The van der Waals surface area contributed by atoms with Gasteiger partial charge in [-0.1, -0.05) is 6.92 Å². The fourth-order valence-corrected chi connectivity index (χ4v) is 4.94. The molecule has 1 N–H and O–H groups in total. The summed E-state index contributed by atoms with van der Waals surface area (Å²) in [6, 6.07) is 2.19. The molecule has 26 heavy (non-hydrogen) atoms. The highest BCUT2D eigenvalue weighted by molar-refractivity contribution is 7.18. The molecule has 0 saturated carbocycles. The van der Waals surface area contributed by atoms with Crippen LogP contribution in [0.4, 0.5) is 10.9 Å². The molecule has 4 heterocycles. The van der Waals surface area contributed by atoms with E-state index in [1.165, 1.54) is 16.2 Å². The third-order valence-electron chi connectivity index (χ3n) is 4.65. The molecule has 1 aliphatic rings. The molecule has 0 unspecified atom stereocenters. The van der Waals surface area contributed by atoms with E-state index in [4.69, 9.17) is 0 Å². The van der Waals surface area contributed by atoms with Crippen LogP contribution in [0.15, 0.2) is 17.8 Å². The zero-order chi connectivity index (χ0) is 18.1. The molecule has 8 heteroatoms. The van der Waals surface area contributed by atoms with Crippen LogP contribution in [0.25, 0.3) is 10.2 Å². The first-order valence-electron chi connectivity index (χ1n) is 8.85. The van der Waals surface area contributed by atoms with Crippen LogP contribution in [0.1, 0.15) is 30.3 Å². The molecular weight excluding hydrogens is 366 g/mol. The molecular formula is C18H21N5OS2. The molecule has 136 valence electrons. The van der Waals surface area contributed by atoms with E-state index in [1.807, 2.05) is 12.3 Å². The number of rotatable bonds is 4. The van der Waals surface area contributed by atoms with Crippen molar-refractivity contribution < 1.29 is 4.79 Å². The molecule has 1 aliphatic heterocycles. The average Bonchev–Trinajstić information content (AvgIpc) is 3.27. The second kappa shape index (κ2) is 7.28. The van der Waals surface area contributed by atoms with Gasteiger partial charge < -0.3 is 10.2 Å². The molecule has 3 aromatic heterocycles. The summed E-state index contributed by atoms with van der Waals surface area (Å²) in [6.45, 7) is 5.68. The lowest BCUT2D eigenvalue weighted by molar-refractivity contribution is -0.120. The number of hydrogen-bond acceptors (Lipinski definition) is 7.